The number of piperidine rings is 1. The van der Waals surface area contributed by atoms with Gasteiger partial charge in [-0.25, -0.2) is 4.79 Å². The fraction of sp³-hybridized carbons (Fsp3) is 0.444. The monoisotopic (exact) mass is 361 g/mol. The standard InChI is InChI=1S/C18H23N3O3S/c1-20(2)17(22)16-10-12-9-13(6-7-15(12)25-16)19-18(23)21-8-4-5-14(11-21)24-3/h6-7,9-10,14H,4-5,8,11H2,1-3H3,(H,19,23)/t14-/m0/s1. The van der Waals surface area contributed by atoms with Gasteiger partial charge in [0.05, 0.1) is 11.0 Å². The number of methoxy groups -OCH3 is 1. The topological polar surface area (TPSA) is 61.9 Å². The Hall–Kier alpha value is -2.12. The first-order valence-electron chi connectivity index (χ1n) is 8.32. The Kier molecular flexibility index (Phi) is 5.24. The maximum absolute atomic E-state index is 12.5. The van der Waals surface area contributed by atoms with Crippen molar-refractivity contribution in [3.05, 3.63) is 29.1 Å². The first-order valence-corrected chi connectivity index (χ1v) is 9.13. The zero-order chi connectivity index (χ0) is 18.0. The van der Waals surface area contributed by atoms with E-state index in [0.29, 0.717) is 11.4 Å². The number of carbonyl (C=O) groups is 2. The van der Waals surface area contributed by atoms with Crippen LogP contribution < -0.4 is 5.32 Å². The van der Waals surface area contributed by atoms with E-state index >= 15 is 0 Å². The number of benzene rings is 1. The second-order valence-electron chi connectivity index (χ2n) is 6.44. The van der Waals surface area contributed by atoms with Crippen molar-refractivity contribution in [1.82, 2.24) is 9.80 Å². The van der Waals surface area contributed by atoms with Crippen molar-refractivity contribution in [3.8, 4) is 0 Å². The lowest BCUT2D eigenvalue weighted by atomic mass is 10.1. The lowest BCUT2D eigenvalue weighted by molar-refractivity contribution is 0.0458. The average Bonchev–Trinajstić information content (AvgIpc) is 3.04. The van der Waals surface area contributed by atoms with Crippen molar-refractivity contribution < 1.29 is 14.3 Å². The first-order chi connectivity index (χ1) is 12.0. The smallest absolute Gasteiger partial charge is 0.321 e. The minimum Gasteiger partial charge on any atom is -0.380 e. The van der Waals surface area contributed by atoms with Gasteiger partial charge in [0.2, 0.25) is 0 Å². The first kappa shape index (κ1) is 17.7. The van der Waals surface area contributed by atoms with E-state index in [1.54, 1.807) is 31.0 Å². The number of carbonyl (C=O) groups excluding carboxylic acids is 2. The molecule has 0 saturated carbocycles. The van der Waals surface area contributed by atoms with Gasteiger partial charge >= 0.3 is 6.03 Å². The molecule has 0 spiro atoms. The average molecular weight is 361 g/mol. The number of anilines is 1. The van der Waals surface area contributed by atoms with Gasteiger partial charge in [-0.3, -0.25) is 4.79 Å². The quantitative estimate of drug-likeness (QED) is 0.913. The molecule has 6 nitrogen and oxygen atoms in total. The van der Waals surface area contributed by atoms with Crippen LogP contribution in [0.25, 0.3) is 10.1 Å². The highest BCUT2D eigenvalue weighted by molar-refractivity contribution is 7.20. The van der Waals surface area contributed by atoms with Crippen LogP contribution in [-0.2, 0) is 4.74 Å². The van der Waals surface area contributed by atoms with Gasteiger partial charge in [-0.05, 0) is 42.5 Å². The minimum atomic E-state index is -0.110. The Morgan fingerprint density at radius 3 is 2.84 bits per heavy atom. The van der Waals surface area contributed by atoms with Crippen LogP contribution in [0.1, 0.15) is 22.5 Å². The number of hydrogen-bond acceptors (Lipinski definition) is 4. The summed E-state index contributed by atoms with van der Waals surface area (Å²) in [6.07, 6.45) is 2.05. The molecule has 25 heavy (non-hydrogen) atoms. The Morgan fingerprint density at radius 1 is 1.32 bits per heavy atom. The van der Waals surface area contributed by atoms with Gasteiger partial charge in [0.1, 0.15) is 0 Å². The van der Waals surface area contributed by atoms with E-state index in [2.05, 4.69) is 5.32 Å². The summed E-state index contributed by atoms with van der Waals surface area (Å²) < 4.78 is 6.40. The van der Waals surface area contributed by atoms with Crippen molar-refractivity contribution in [3.63, 3.8) is 0 Å². The number of nitrogens with zero attached hydrogens (tertiary/aromatic N) is 2. The molecule has 2 heterocycles. The number of hydrogen-bond donors (Lipinski definition) is 1. The van der Waals surface area contributed by atoms with Crippen LogP contribution in [0.2, 0.25) is 0 Å². The molecule has 1 aliphatic rings. The minimum absolute atomic E-state index is 0.00860. The molecule has 134 valence electrons. The maximum Gasteiger partial charge on any atom is 0.321 e. The van der Waals surface area contributed by atoms with E-state index in [4.69, 9.17) is 4.74 Å². The van der Waals surface area contributed by atoms with E-state index in [0.717, 1.165) is 35.2 Å². The molecule has 1 aromatic carbocycles. The molecular weight excluding hydrogens is 338 g/mol. The van der Waals surface area contributed by atoms with E-state index < -0.39 is 0 Å². The summed E-state index contributed by atoms with van der Waals surface area (Å²) in [7, 11) is 5.16. The summed E-state index contributed by atoms with van der Waals surface area (Å²) in [5.41, 5.74) is 0.735. The predicted octanol–water partition coefficient (Wildman–Crippen LogP) is 3.25. The van der Waals surface area contributed by atoms with Crippen LogP contribution in [0.15, 0.2) is 24.3 Å². The number of ether oxygens (including phenoxy) is 1. The summed E-state index contributed by atoms with van der Waals surface area (Å²) in [5.74, 6) is -0.00860. The number of urea groups is 1. The van der Waals surface area contributed by atoms with Crippen LogP contribution in [-0.4, -0.2) is 62.1 Å². The molecule has 1 aromatic heterocycles. The SMILES string of the molecule is CO[C@H]1CCCN(C(=O)Nc2ccc3sc(C(=O)N(C)C)cc3c2)C1. The molecule has 0 unspecified atom stereocenters. The second-order valence-corrected chi connectivity index (χ2v) is 7.52. The van der Waals surface area contributed by atoms with Crippen molar-refractivity contribution in [2.24, 2.45) is 0 Å². The van der Waals surface area contributed by atoms with Crippen molar-refractivity contribution in [2.45, 2.75) is 18.9 Å². The third-order valence-corrected chi connectivity index (χ3v) is 5.49. The largest absolute Gasteiger partial charge is 0.380 e. The van der Waals surface area contributed by atoms with E-state index in [1.165, 1.54) is 11.3 Å². The highest BCUT2D eigenvalue weighted by Crippen LogP contribution is 2.29. The molecular formula is C18H23N3O3S. The number of likely N-dealkylation sites (tertiary alicyclic amines) is 1. The highest BCUT2D eigenvalue weighted by Gasteiger charge is 2.23. The molecule has 0 bridgehead atoms. The van der Waals surface area contributed by atoms with Crippen LogP contribution in [0.4, 0.5) is 10.5 Å². The van der Waals surface area contributed by atoms with Gasteiger partial charge in [-0.15, -0.1) is 11.3 Å². The van der Waals surface area contributed by atoms with E-state index in [1.807, 2.05) is 24.3 Å². The van der Waals surface area contributed by atoms with Gasteiger partial charge in [0, 0.05) is 44.7 Å². The zero-order valence-corrected chi connectivity index (χ0v) is 15.6. The maximum atomic E-state index is 12.5. The summed E-state index contributed by atoms with van der Waals surface area (Å²) in [4.78, 5) is 28.6. The fourth-order valence-electron chi connectivity index (χ4n) is 2.96. The van der Waals surface area contributed by atoms with Gasteiger partial charge in [0.15, 0.2) is 0 Å². The third kappa shape index (κ3) is 3.93. The van der Waals surface area contributed by atoms with Crippen LogP contribution in [0, 0.1) is 0 Å². The normalized spacial score (nSPS) is 17.6. The Balaban J connectivity index is 1.73. The van der Waals surface area contributed by atoms with Gasteiger partial charge < -0.3 is 19.9 Å². The molecule has 0 aliphatic carbocycles. The molecule has 1 fully saturated rings. The summed E-state index contributed by atoms with van der Waals surface area (Å²) in [5, 5.41) is 3.91. The molecule has 1 N–H and O–H groups in total. The van der Waals surface area contributed by atoms with E-state index in [-0.39, 0.29) is 18.0 Å². The Bertz CT molecular complexity index is 787. The van der Waals surface area contributed by atoms with Crippen LogP contribution in [0.3, 0.4) is 0 Å². The van der Waals surface area contributed by atoms with Gasteiger partial charge in [-0.2, -0.15) is 0 Å². The van der Waals surface area contributed by atoms with Crippen LogP contribution >= 0.6 is 11.3 Å². The second kappa shape index (κ2) is 7.41. The van der Waals surface area contributed by atoms with Gasteiger partial charge in [-0.1, -0.05) is 0 Å². The molecule has 0 radical (unpaired) electrons. The van der Waals surface area contributed by atoms with Crippen molar-refractivity contribution >= 4 is 39.0 Å². The third-order valence-electron chi connectivity index (χ3n) is 4.38. The highest BCUT2D eigenvalue weighted by atomic mass is 32.1. The van der Waals surface area contributed by atoms with Gasteiger partial charge in [0.25, 0.3) is 5.91 Å². The lowest BCUT2D eigenvalue weighted by Crippen LogP contribution is -2.44. The summed E-state index contributed by atoms with van der Waals surface area (Å²) in [6.45, 7) is 1.36. The fourth-order valence-corrected chi connectivity index (χ4v) is 4.03. The summed E-state index contributed by atoms with van der Waals surface area (Å²) >= 11 is 1.46. The van der Waals surface area contributed by atoms with Crippen molar-refractivity contribution in [1.29, 1.82) is 0 Å². The zero-order valence-electron chi connectivity index (χ0n) is 14.7. The predicted molar refractivity (Wildman–Crippen MR) is 100 cm³/mol. The molecule has 1 aliphatic heterocycles. The molecule has 7 heteroatoms. The Labute approximate surface area is 151 Å². The Morgan fingerprint density at radius 2 is 2.12 bits per heavy atom. The van der Waals surface area contributed by atoms with E-state index in [9.17, 15) is 9.59 Å². The van der Waals surface area contributed by atoms with Crippen LogP contribution in [0.5, 0.6) is 0 Å². The number of nitrogens with one attached hydrogen (secondary N) is 1. The number of amides is 3. The molecule has 3 amide bonds. The molecule has 3 rings (SSSR count). The number of thiophene rings is 1. The number of fused-ring (bicyclic) bond motifs is 1. The molecule has 1 saturated heterocycles. The van der Waals surface area contributed by atoms with Crippen molar-refractivity contribution in [2.75, 3.05) is 39.6 Å². The number of rotatable bonds is 3. The molecule has 2 aromatic rings. The molecule has 1 atom stereocenters. The lowest BCUT2D eigenvalue weighted by Gasteiger charge is -2.31. The summed E-state index contributed by atoms with van der Waals surface area (Å²) in [6, 6.07) is 7.49.